The summed E-state index contributed by atoms with van der Waals surface area (Å²) >= 11 is 0. The molecule has 3 heterocycles. The van der Waals surface area contributed by atoms with Gasteiger partial charge in [-0.2, -0.15) is 5.26 Å². The van der Waals surface area contributed by atoms with E-state index in [0.717, 1.165) is 53.9 Å². The molecular formula is C25H27N3O3. The molecule has 2 aromatic heterocycles. The molecule has 1 saturated heterocycles. The first-order valence-corrected chi connectivity index (χ1v) is 10.7. The molecule has 4 rings (SSSR count). The van der Waals surface area contributed by atoms with E-state index < -0.39 is 5.91 Å². The number of fused-ring (bicyclic) bond motifs is 1. The molecule has 1 fully saturated rings. The van der Waals surface area contributed by atoms with Crippen LogP contribution in [-0.2, 0) is 16.1 Å². The Kier molecular flexibility index (Phi) is 5.97. The number of ether oxygens (including phenoxy) is 1. The van der Waals surface area contributed by atoms with Crippen molar-refractivity contribution >= 4 is 23.0 Å². The summed E-state index contributed by atoms with van der Waals surface area (Å²) in [4.78, 5) is 12.8. The fourth-order valence-electron chi connectivity index (χ4n) is 4.11. The van der Waals surface area contributed by atoms with Crippen LogP contribution < -0.4 is 5.32 Å². The lowest BCUT2D eigenvalue weighted by molar-refractivity contribution is -0.117. The van der Waals surface area contributed by atoms with E-state index in [4.69, 9.17) is 9.15 Å². The molecule has 160 valence electrons. The van der Waals surface area contributed by atoms with Gasteiger partial charge >= 0.3 is 0 Å². The Balaban J connectivity index is 1.51. The van der Waals surface area contributed by atoms with Gasteiger partial charge < -0.3 is 19.0 Å². The van der Waals surface area contributed by atoms with E-state index in [1.165, 1.54) is 0 Å². The third-order valence-corrected chi connectivity index (χ3v) is 5.91. The van der Waals surface area contributed by atoms with Crippen LogP contribution in [0.15, 0.2) is 46.4 Å². The first kappa shape index (κ1) is 21.0. The van der Waals surface area contributed by atoms with Gasteiger partial charge in [-0.05, 0) is 63.5 Å². The number of para-hydroxylation sites is 1. The van der Waals surface area contributed by atoms with Crippen molar-refractivity contribution in [1.29, 1.82) is 5.26 Å². The summed E-state index contributed by atoms with van der Waals surface area (Å²) in [5, 5.41) is 13.5. The van der Waals surface area contributed by atoms with Gasteiger partial charge in [-0.15, -0.1) is 0 Å². The van der Waals surface area contributed by atoms with Gasteiger partial charge in [-0.25, -0.2) is 0 Å². The number of nitrogens with one attached hydrogen (secondary N) is 1. The van der Waals surface area contributed by atoms with Gasteiger partial charge in [-0.3, -0.25) is 4.79 Å². The van der Waals surface area contributed by atoms with Crippen LogP contribution in [0, 0.1) is 25.2 Å². The number of nitriles is 1. The topological polar surface area (TPSA) is 80.2 Å². The maximum atomic E-state index is 12.8. The normalized spacial score (nSPS) is 17.6. The fraction of sp³-hybridized carbons (Fsp3) is 0.360. The Labute approximate surface area is 182 Å². The molecule has 0 radical (unpaired) electrons. The van der Waals surface area contributed by atoms with Crippen LogP contribution in [0.25, 0.3) is 17.0 Å². The average molecular weight is 418 g/mol. The second kappa shape index (κ2) is 8.83. The third-order valence-electron chi connectivity index (χ3n) is 5.91. The van der Waals surface area contributed by atoms with Crippen molar-refractivity contribution in [2.45, 2.75) is 52.3 Å². The highest BCUT2D eigenvalue weighted by molar-refractivity contribution is 6.02. The van der Waals surface area contributed by atoms with Crippen molar-refractivity contribution in [1.82, 2.24) is 9.88 Å². The van der Waals surface area contributed by atoms with Crippen molar-refractivity contribution in [3.8, 4) is 6.07 Å². The average Bonchev–Trinajstić information content (AvgIpc) is 3.48. The minimum absolute atomic E-state index is 0.0697. The Morgan fingerprint density at radius 1 is 1.35 bits per heavy atom. The Morgan fingerprint density at radius 3 is 2.87 bits per heavy atom. The molecule has 2 unspecified atom stereocenters. The van der Waals surface area contributed by atoms with Crippen molar-refractivity contribution in [2.24, 2.45) is 0 Å². The maximum absolute atomic E-state index is 12.8. The number of nitrogens with zero attached hydrogens (tertiary/aromatic N) is 2. The number of benzene rings is 1. The Hall–Kier alpha value is -3.30. The first-order chi connectivity index (χ1) is 15.0. The Morgan fingerprint density at radius 2 is 2.16 bits per heavy atom. The molecule has 1 aliphatic rings. The summed E-state index contributed by atoms with van der Waals surface area (Å²) in [6.45, 7) is 7.51. The van der Waals surface area contributed by atoms with E-state index in [2.05, 4.69) is 9.88 Å². The molecule has 6 heteroatoms. The van der Waals surface area contributed by atoms with Crippen molar-refractivity contribution in [3.05, 3.63) is 64.7 Å². The monoisotopic (exact) mass is 417 g/mol. The predicted octanol–water partition coefficient (Wildman–Crippen LogP) is 4.81. The van der Waals surface area contributed by atoms with Gasteiger partial charge in [0.15, 0.2) is 0 Å². The van der Waals surface area contributed by atoms with Crippen LogP contribution in [0.3, 0.4) is 0 Å². The lowest BCUT2D eigenvalue weighted by atomic mass is 10.1. The number of carbonyl (C=O) groups is 1. The zero-order valence-electron chi connectivity index (χ0n) is 18.1. The molecule has 0 bridgehead atoms. The molecular weight excluding hydrogens is 390 g/mol. The molecule has 6 nitrogen and oxygen atoms in total. The van der Waals surface area contributed by atoms with E-state index in [0.29, 0.717) is 5.76 Å². The molecule has 1 aromatic carbocycles. The van der Waals surface area contributed by atoms with Gasteiger partial charge in [0.2, 0.25) is 0 Å². The fourth-order valence-corrected chi connectivity index (χ4v) is 4.11. The van der Waals surface area contributed by atoms with E-state index in [9.17, 15) is 10.1 Å². The molecule has 1 amide bonds. The van der Waals surface area contributed by atoms with Gasteiger partial charge in [0.25, 0.3) is 5.91 Å². The Bertz CT molecular complexity index is 1140. The van der Waals surface area contributed by atoms with Crippen LogP contribution in [-0.4, -0.2) is 23.2 Å². The van der Waals surface area contributed by atoms with Gasteiger partial charge in [-0.1, -0.05) is 18.2 Å². The lowest BCUT2D eigenvalue weighted by Gasteiger charge is -2.14. The van der Waals surface area contributed by atoms with Crippen LogP contribution in [0.1, 0.15) is 48.5 Å². The van der Waals surface area contributed by atoms with Crippen molar-refractivity contribution in [3.63, 3.8) is 0 Å². The van der Waals surface area contributed by atoms with Crippen LogP contribution in [0.5, 0.6) is 0 Å². The van der Waals surface area contributed by atoms with E-state index in [1.54, 1.807) is 6.08 Å². The SMILES string of the molecule is Cc1cc(/C=C(\C#N)C(=O)NC(C)c2cc3ccccc3o2)c(C)n1CC1CCCO1. The van der Waals surface area contributed by atoms with Gasteiger partial charge in [0.05, 0.1) is 12.1 Å². The molecule has 0 spiro atoms. The highest BCUT2D eigenvalue weighted by Gasteiger charge is 2.20. The summed E-state index contributed by atoms with van der Waals surface area (Å²) in [7, 11) is 0. The summed E-state index contributed by atoms with van der Waals surface area (Å²) in [5.74, 6) is 0.237. The number of aryl methyl sites for hydroxylation is 1. The van der Waals surface area contributed by atoms with Gasteiger partial charge in [0.1, 0.15) is 23.0 Å². The number of hydrogen-bond acceptors (Lipinski definition) is 4. The molecule has 0 aliphatic carbocycles. The number of aromatic nitrogens is 1. The molecule has 2 atom stereocenters. The number of carbonyl (C=O) groups excluding carboxylic acids is 1. The van der Waals surface area contributed by atoms with Gasteiger partial charge in [0, 0.05) is 29.9 Å². The summed E-state index contributed by atoms with van der Waals surface area (Å²) < 4.78 is 13.8. The van der Waals surface area contributed by atoms with Crippen LogP contribution >= 0.6 is 0 Å². The molecule has 1 aliphatic heterocycles. The minimum Gasteiger partial charge on any atom is -0.459 e. The number of amides is 1. The molecule has 31 heavy (non-hydrogen) atoms. The summed E-state index contributed by atoms with van der Waals surface area (Å²) in [6, 6.07) is 13.3. The van der Waals surface area contributed by atoms with E-state index in [-0.39, 0.29) is 17.7 Å². The number of hydrogen-bond donors (Lipinski definition) is 1. The minimum atomic E-state index is -0.417. The zero-order valence-corrected chi connectivity index (χ0v) is 18.1. The second-order valence-corrected chi connectivity index (χ2v) is 8.12. The zero-order chi connectivity index (χ0) is 22.0. The highest BCUT2D eigenvalue weighted by Crippen LogP contribution is 2.25. The van der Waals surface area contributed by atoms with Crippen LogP contribution in [0.2, 0.25) is 0 Å². The quantitative estimate of drug-likeness (QED) is 0.461. The third kappa shape index (κ3) is 4.42. The predicted molar refractivity (Wildman–Crippen MR) is 119 cm³/mol. The number of rotatable bonds is 6. The first-order valence-electron chi connectivity index (χ1n) is 10.7. The lowest BCUT2D eigenvalue weighted by Crippen LogP contribution is -2.27. The highest BCUT2D eigenvalue weighted by atomic mass is 16.5. The van der Waals surface area contributed by atoms with E-state index in [1.807, 2.05) is 63.2 Å². The maximum Gasteiger partial charge on any atom is 0.262 e. The smallest absolute Gasteiger partial charge is 0.262 e. The number of furan rings is 1. The largest absolute Gasteiger partial charge is 0.459 e. The standard InChI is InChI=1S/C25H27N3O3/c1-16-11-20(18(3)28(16)15-22-8-6-10-30-22)12-21(14-26)25(29)27-17(2)24-13-19-7-4-5-9-23(19)31-24/h4-5,7,9,11-13,17,22H,6,8,10,15H2,1-3H3,(H,27,29)/b21-12+. The molecule has 1 N–H and O–H groups in total. The summed E-state index contributed by atoms with van der Waals surface area (Å²) in [6.07, 6.45) is 4.05. The molecule has 0 saturated carbocycles. The van der Waals surface area contributed by atoms with E-state index >= 15 is 0 Å². The van der Waals surface area contributed by atoms with Crippen LogP contribution in [0.4, 0.5) is 0 Å². The van der Waals surface area contributed by atoms with Crippen molar-refractivity contribution in [2.75, 3.05) is 6.61 Å². The second-order valence-electron chi connectivity index (χ2n) is 8.12. The summed E-state index contributed by atoms with van der Waals surface area (Å²) in [5.41, 5.74) is 3.83. The molecule has 3 aromatic rings. The van der Waals surface area contributed by atoms with Crippen molar-refractivity contribution < 1.29 is 13.9 Å².